The number of hydrogen-bond acceptors (Lipinski definition) is 3. The molecule has 1 aromatic heterocycles. The van der Waals surface area contributed by atoms with Crippen molar-refractivity contribution >= 4 is 17.2 Å². The molecule has 0 aromatic carbocycles. The predicted molar refractivity (Wildman–Crippen MR) is 71.0 cm³/mol. The molecule has 3 nitrogen and oxygen atoms in total. The van der Waals surface area contributed by atoms with Crippen molar-refractivity contribution in [2.24, 2.45) is 11.7 Å². The summed E-state index contributed by atoms with van der Waals surface area (Å²) in [7, 11) is 0. The first-order valence-corrected chi connectivity index (χ1v) is 6.97. The van der Waals surface area contributed by atoms with Gasteiger partial charge in [0, 0.05) is 21.7 Å². The Balaban J connectivity index is 1.84. The highest BCUT2D eigenvalue weighted by Gasteiger charge is 2.27. The molecule has 0 saturated heterocycles. The Kier molecular flexibility index (Phi) is 3.84. The molecule has 1 amide bonds. The molecular weight excluding hydrogens is 232 g/mol. The van der Waals surface area contributed by atoms with E-state index in [-0.39, 0.29) is 17.9 Å². The highest BCUT2D eigenvalue weighted by atomic mass is 32.1. The number of thiophene rings is 1. The number of rotatable bonds is 3. The van der Waals surface area contributed by atoms with Crippen LogP contribution in [0.2, 0.25) is 0 Å². The molecule has 0 bridgehead atoms. The van der Waals surface area contributed by atoms with Crippen molar-refractivity contribution in [1.29, 1.82) is 0 Å². The third-order valence-electron chi connectivity index (χ3n) is 3.50. The van der Waals surface area contributed by atoms with Crippen LogP contribution in [0.15, 0.2) is 6.07 Å². The van der Waals surface area contributed by atoms with Gasteiger partial charge < -0.3 is 11.1 Å². The standard InChI is InChI=1S/C13H20N2OS/c1-8-5-12(17-9(8)2)7-15-13(16)10-3-4-11(14)6-10/h5,10-11H,3-4,6-7,14H2,1-2H3,(H,15,16). The molecule has 2 atom stereocenters. The van der Waals surface area contributed by atoms with Crippen LogP contribution in [0.4, 0.5) is 0 Å². The lowest BCUT2D eigenvalue weighted by molar-refractivity contribution is -0.124. The van der Waals surface area contributed by atoms with Crippen molar-refractivity contribution in [1.82, 2.24) is 5.32 Å². The Morgan fingerprint density at radius 2 is 2.29 bits per heavy atom. The summed E-state index contributed by atoms with van der Waals surface area (Å²) in [6.45, 7) is 4.87. The van der Waals surface area contributed by atoms with Crippen molar-refractivity contribution in [3.8, 4) is 0 Å². The van der Waals surface area contributed by atoms with Gasteiger partial charge in [-0.15, -0.1) is 11.3 Å². The number of nitrogens with two attached hydrogens (primary N) is 1. The van der Waals surface area contributed by atoms with Gasteiger partial charge in [-0.25, -0.2) is 0 Å². The summed E-state index contributed by atoms with van der Waals surface area (Å²) in [6, 6.07) is 2.37. The molecule has 0 spiro atoms. The summed E-state index contributed by atoms with van der Waals surface area (Å²) >= 11 is 1.76. The normalized spacial score (nSPS) is 23.9. The molecule has 3 N–H and O–H groups in total. The van der Waals surface area contributed by atoms with Crippen LogP contribution in [0.5, 0.6) is 0 Å². The molecule has 17 heavy (non-hydrogen) atoms. The number of carbonyl (C=O) groups excluding carboxylic acids is 1. The fourth-order valence-corrected chi connectivity index (χ4v) is 3.30. The van der Waals surface area contributed by atoms with Crippen molar-refractivity contribution in [3.05, 3.63) is 21.4 Å². The molecule has 1 fully saturated rings. The van der Waals surface area contributed by atoms with Gasteiger partial charge in [-0.2, -0.15) is 0 Å². The summed E-state index contributed by atoms with van der Waals surface area (Å²) in [5.41, 5.74) is 7.12. The largest absolute Gasteiger partial charge is 0.351 e. The third kappa shape index (κ3) is 3.07. The zero-order valence-corrected chi connectivity index (χ0v) is 11.3. The second-order valence-corrected chi connectivity index (χ2v) is 6.28. The van der Waals surface area contributed by atoms with Gasteiger partial charge in [0.15, 0.2) is 0 Å². The second-order valence-electron chi connectivity index (χ2n) is 4.94. The Morgan fingerprint density at radius 1 is 1.53 bits per heavy atom. The zero-order valence-electron chi connectivity index (χ0n) is 10.5. The van der Waals surface area contributed by atoms with E-state index in [1.807, 2.05) is 0 Å². The molecular formula is C13H20N2OS. The van der Waals surface area contributed by atoms with Crippen molar-refractivity contribution in [2.75, 3.05) is 0 Å². The van der Waals surface area contributed by atoms with Crippen LogP contribution in [0.25, 0.3) is 0 Å². The highest BCUT2D eigenvalue weighted by Crippen LogP contribution is 2.25. The SMILES string of the molecule is Cc1cc(CNC(=O)C2CCC(N)C2)sc1C. The fourth-order valence-electron chi connectivity index (χ4n) is 2.31. The minimum Gasteiger partial charge on any atom is -0.351 e. The second kappa shape index (κ2) is 5.19. The van der Waals surface area contributed by atoms with Gasteiger partial charge in [-0.1, -0.05) is 0 Å². The lowest BCUT2D eigenvalue weighted by Crippen LogP contribution is -2.29. The Labute approximate surface area is 106 Å². The van der Waals surface area contributed by atoms with Crippen LogP contribution in [0.1, 0.15) is 34.6 Å². The Morgan fingerprint density at radius 3 is 2.82 bits per heavy atom. The zero-order chi connectivity index (χ0) is 12.4. The highest BCUT2D eigenvalue weighted by molar-refractivity contribution is 7.12. The molecule has 94 valence electrons. The van der Waals surface area contributed by atoms with Gasteiger partial charge in [-0.05, 0) is 44.7 Å². The maximum Gasteiger partial charge on any atom is 0.223 e. The molecule has 1 heterocycles. The van der Waals surface area contributed by atoms with E-state index in [4.69, 9.17) is 5.73 Å². The summed E-state index contributed by atoms with van der Waals surface area (Å²) in [4.78, 5) is 14.5. The minimum atomic E-state index is 0.132. The van der Waals surface area contributed by atoms with Gasteiger partial charge in [-0.3, -0.25) is 4.79 Å². The maximum absolute atomic E-state index is 11.9. The Bertz CT molecular complexity index is 394. The van der Waals surface area contributed by atoms with Crippen LogP contribution in [-0.2, 0) is 11.3 Å². The average Bonchev–Trinajstić information content (AvgIpc) is 2.83. The van der Waals surface area contributed by atoms with Crippen molar-refractivity contribution < 1.29 is 4.79 Å². The third-order valence-corrected chi connectivity index (χ3v) is 4.65. The van der Waals surface area contributed by atoms with Crippen LogP contribution in [0, 0.1) is 19.8 Å². The molecule has 1 aromatic rings. The van der Waals surface area contributed by atoms with Gasteiger partial charge in [0.05, 0.1) is 6.54 Å². The molecule has 2 unspecified atom stereocenters. The van der Waals surface area contributed by atoms with Gasteiger partial charge in [0.25, 0.3) is 0 Å². The monoisotopic (exact) mass is 252 g/mol. The van der Waals surface area contributed by atoms with E-state index < -0.39 is 0 Å². The molecule has 0 aliphatic heterocycles. The lowest BCUT2D eigenvalue weighted by Gasteiger charge is -2.09. The predicted octanol–water partition coefficient (Wildman–Crippen LogP) is 2.11. The summed E-state index contributed by atoms with van der Waals surface area (Å²) in [5, 5.41) is 3.02. The quantitative estimate of drug-likeness (QED) is 0.865. The minimum absolute atomic E-state index is 0.132. The summed E-state index contributed by atoms with van der Waals surface area (Å²) in [5.74, 6) is 0.300. The average molecular weight is 252 g/mol. The first-order chi connectivity index (χ1) is 8.06. The number of hydrogen-bond donors (Lipinski definition) is 2. The molecule has 0 radical (unpaired) electrons. The number of aryl methyl sites for hydroxylation is 2. The summed E-state index contributed by atoms with van der Waals surface area (Å²) in [6.07, 6.45) is 2.76. The van der Waals surface area contributed by atoms with Crippen LogP contribution < -0.4 is 11.1 Å². The van der Waals surface area contributed by atoms with Gasteiger partial charge in [0.2, 0.25) is 5.91 Å². The first-order valence-electron chi connectivity index (χ1n) is 6.15. The van der Waals surface area contributed by atoms with E-state index in [1.165, 1.54) is 15.3 Å². The topological polar surface area (TPSA) is 55.1 Å². The number of amides is 1. The Hall–Kier alpha value is -0.870. The molecule has 4 heteroatoms. The lowest BCUT2D eigenvalue weighted by atomic mass is 10.1. The van der Waals surface area contributed by atoms with E-state index in [0.29, 0.717) is 6.54 Å². The van der Waals surface area contributed by atoms with Crippen LogP contribution >= 0.6 is 11.3 Å². The first kappa shape index (κ1) is 12.6. The maximum atomic E-state index is 11.9. The summed E-state index contributed by atoms with van der Waals surface area (Å²) < 4.78 is 0. The van der Waals surface area contributed by atoms with Crippen LogP contribution in [-0.4, -0.2) is 11.9 Å². The smallest absolute Gasteiger partial charge is 0.223 e. The fraction of sp³-hybridized carbons (Fsp3) is 0.615. The number of carbonyl (C=O) groups is 1. The molecule has 1 aliphatic rings. The van der Waals surface area contributed by atoms with Crippen LogP contribution in [0.3, 0.4) is 0 Å². The van der Waals surface area contributed by atoms with Gasteiger partial charge in [0.1, 0.15) is 0 Å². The molecule has 1 aliphatic carbocycles. The van der Waals surface area contributed by atoms with E-state index in [0.717, 1.165) is 19.3 Å². The van der Waals surface area contributed by atoms with E-state index in [2.05, 4.69) is 25.2 Å². The van der Waals surface area contributed by atoms with E-state index in [1.54, 1.807) is 11.3 Å². The molecule has 1 saturated carbocycles. The van der Waals surface area contributed by atoms with Crippen molar-refractivity contribution in [3.63, 3.8) is 0 Å². The molecule has 2 rings (SSSR count). The van der Waals surface area contributed by atoms with E-state index >= 15 is 0 Å². The van der Waals surface area contributed by atoms with Gasteiger partial charge >= 0.3 is 0 Å². The van der Waals surface area contributed by atoms with E-state index in [9.17, 15) is 4.79 Å². The van der Waals surface area contributed by atoms with Crippen molar-refractivity contribution in [2.45, 2.75) is 45.7 Å². The number of nitrogens with one attached hydrogen (secondary N) is 1.